The van der Waals surface area contributed by atoms with Gasteiger partial charge in [0.25, 0.3) is 5.56 Å². The van der Waals surface area contributed by atoms with Gasteiger partial charge in [0.1, 0.15) is 5.02 Å². The molecule has 1 aliphatic rings. The molecule has 0 saturated carbocycles. The van der Waals surface area contributed by atoms with Crippen LogP contribution in [0, 0.1) is 0 Å². The Kier molecular flexibility index (Phi) is 3.63. The van der Waals surface area contributed by atoms with Crippen LogP contribution in [0.2, 0.25) is 5.02 Å². The molecule has 2 heterocycles. The third-order valence-corrected chi connectivity index (χ3v) is 3.34. The SMILES string of the molecule is CC(c1c[nH]c(=O)c(Cl)c1)N1CCNCC1. The van der Waals surface area contributed by atoms with Gasteiger partial charge in [0, 0.05) is 38.4 Å². The Hall–Kier alpha value is -0.840. The highest BCUT2D eigenvalue weighted by Gasteiger charge is 2.18. The second-order valence-electron chi connectivity index (χ2n) is 4.07. The van der Waals surface area contributed by atoms with Gasteiger partial charge < -0.3 is 10.3 Å². The molecule has 0 bridgehead atoms. The van der Waals surface area contributed by atoms with Crippen LogP contribution in [-0.4, -0.2) is 36.1 Å². The highest BCUT2D eigenvalue weighted by molar-refractivity contribution is 6.30. The zero-order chi connectivity index (χ0) is 11.5. The Bertz CT molecular complexity index is 412. The zero-order valence-corrected chi connectivity index (χ0v) is 10.0. The average molecular weight is 242 g/mol. The summed E-state index contributed by atoms with van der Waals surface area (Å²) < 4.78 is 0. The number of hydrogen-bond acceptors (Lipinski definition) is 3. The molecule has 0 radical (unpaired) electrons. The molecule has 1 saturated heterocycles. The quantitative estimate of drug-likeness (QED) is 0.812. The van der Waals surface area contributed by atoms with Crippen molar-refractivity contribution in [2.75, 3.05) is 26.2 Å². The summed E-state index contributed by atoms with van der Waals surface area (Å²) in [5.41, 5.74) is 0.837. The van der Waals surface area contributed by atoms with Crippen LogP contribution in [-0.2, 0) is 0 Å². The Balaban J connectivity index is 2.16. The van der Waals surface area contributed by atoms with E-state index in [0.29, 0.717) is 0 Å². The summed E-state index contributed by atoms with van der Waals surface area (Å²) >= 11 is 5.82. The van der Waals surface area contributed by atoms with Gasteiger partial charge in [-0.2, -0.15) is 0 Å². The topological polar surface area (TPSA) is 48.1 Å². The fourth-order valence-corrected chi connectivity index (χ4v) is 2.17. The fourth-order valence-electron chi connectivity index (χ4n) is 1.99. The number of piperazine rings is 1. The molecule has 0 aliphatic carbocycles. The lowest BCUT2D eigenvalue weighted by molar-refractivity contribution is 0.185. The van der Waals surface area contributed by atoms with E-state index in [1.807, 2.05) is 0 Å². The van der Waals surface area contributed by atoms with Gasteiger partial charge in [0.15, 0.2) is 0 Å². The number of aromatic amines is 1. The number of aromatic nitrogens is 1. The molecule has 2 rings (SSSR count). The predicted molar refractivity (Wildman–Crippen MR) is 64.9 cm³/mol. The molecule has 1 aliphatic heterocycles. The third kappa shape index (κ3) is 2.45. The molecule has 0 amide bonds. The minimum absolute atomic E-state index is 0.224. The van der Waals surface area contributed by atoms with E-state index in [1.165, 1.54) is 0 Å². The molecule has 2 N–H and O–H groups in total. The largest absolute Gasteiger partial charge is 0.327 e. The van der Waals surface area contributed by atoms with Gasteiger partial charge in [-0.05, 0) is 18.6 Å². The van der Waals surface area contributed by atoms with Crippen molar-refractivity contribution in [3.8, 4) is 0 Å². The standard InChI is InChI=1S/C11H16ClN3O/c1-8(15-4-2-13-3-5-15)9-6-10(12)11(16)14-7-9/h6-8,13H,2-5H2,1H3,(H,14,16). The van der Waals surface area contributed by atoms with Crippen molar-refractivity contribution < 1.29 is 0 Å². The van der Waals surface area contributed by atoms with Crippen LogP contribution in [0.25, 0.3) is 0 Å². The summed E-state index contributed by atoms with van der Waals surface area (Å²) in [7, 11) is 0. The second kappa shape index (κ2) is 4.99. The number of pyridine rings is 1. The first-order chi connectivity index (χ1) is 7.68. The Morgan fingerprint density at radius 1 is 1.44 bits per heavy atom. The van der Waals surface area contributed by atoms with E-state index in [9.17, 15) is 4.79 Å². The predicted octanol–water partition coefficient (Wildman–Crippen LogP) is 0.995. The highest BCUT2D eigenvalue weighted by Crippen LogP contribution is 2.20. The zero-order valence-electron chi connectivity index (χ0n) is 9.29. The number of nitrogens with one attached hydrogen (secondary N) is 2. The first-order valence-corrected chi connectivity index (χ1v) is 5.89. The molecule has 5 heteroatoms. The minimum Gasteiger partial charge on any atom is -0.327 e. The average Bonchev–Trinajstić information content (AvgIpc) is 2.33. The van der Waals surface area contributed by atoms with Crippen LogP contribution in [0.4, 0.5) is 0 Å². The van der Waals surface area contributed by atoms with Gasteiger partial charge in [-0.15, -0.1) is 0 Å². The van der Waals surface area contributed by atoms with Gasteiger partial charge in [0.2, 0.25) is 0 Å². The first kappa shape index (κ1) is 11.6. The van der Waals surface area contributed by atoms with Crippen molar-refractivity contribution in [1.82, 2.24) is 15.2 Å². The van der Waals surface area contributed by atoms with E-state index < -0.39 is 0 Å². The molecule has 1 atom stereocenters. The smallest absolute Gasteiger partial charge is 0.266 e. The molecule has 88 valence electrons. The van der Waals surface area contributed by atoms with Gasteiger partial charge in [0.05, 0.1) is 0 Å². The highest BCUT2D eigenvalue weighted by atomic mass is 35.5. The molecule has 4 nitrogen and oxygen atoms in total. The molecule has 1 unspecified atom stereocenters. The van der Waals surface area contributed by atoms with Crippen LogP contribution in [0.3, 0.4) is 0 Å². The maximum Gasteiger partial charge on any atom is 0.266 e. The minimum atomic E-state index is -0.224. The molecule has 1 aromatic heterocycles. The van der Waals surface area contributed by atoms with Gasteiger partial charge >= 0.3 is 0 Å². The first-order valence-electron chi connectivity index (χ1n) is 5.51. The van der Waals surface area contributed by atoms with Crippen molar-refractivity contribution >= 4 is 11.6 Å². The number of H-pyrrole nitrogens is 1. The molecule has 1 aromatic rings. The van der Waals surface area contributed by atoms with Gasteiger partial charge in [-0.3, -0.25) is 9.69 Å². The van der Waals surface area contributed by atoms with Gasteiger partial charge in [-0.1, -0.05) is 11.6 Å². The van der Waals surface area contributed by atoms with Crippen molar-refractivity contribution in [3.05, 3.63) is 33.2 Å². The van der Waals surface area contributed by atoms with E-state index in [0.717, 1.165) is 31.7 Å². The van der Waals surface area contributed by atoms with Gasteiger partial charge in [-0.25, -0.2) is 0 Å². The summed E-state index contributed by atoms with van der Waals surface area (Å²) in [4.78, 5) is 16.2. The summed E-state index contributed by atoms with van der Waals surface area (Å²) in [5, 5.41) is 3.58. The molecule has 0 aromatic carbocycles. The Morgan fingerprint density at radius 3 is 2.75 bits per heavy atom. The molecule has 1 fully saturated rings. The monoisotopic (exact) mass is 241 g/mol. The summed E-state index contributed by atoms with van der Waals surface area (Å²) in [6, 6.07) is 2.05. The van der Waals surface area contributed by atoms with Crippen molar-refractivity contribution in [1.29, 1.82) is 0 Å². The normalized spacial score (nSPS) is 19.6. The van der Waals surface area contributed by atoms with E-state index in [2.05, 4.69) is 22.1 Å². The lowest BCUT2D eigenvalue weighted by Crippen LogP contribution is -2.44. The number of nitrogens with zero attached hydrogens (tertiary/aromatic N) is 1. The molecule has 16 heavy (non-hydrogen) atoms. The number of hydrogen-bond donors (Lipinski definition) is 2. The lowest BCUT2D eigenvalue weighted by Gasteiger charge is -2.32. The van der Waals surface area contributed by atoms with E-state index in [4.69, 9.17) is 11.6 Å². The second-order valence-corrected chi connectivity index (χ2v) is 4.48. The van der Waals surface area contributed by atoms with E-state index >= 15 is 0 Å². The maximum atomic E-state index is 11.2. The maximum absolute atomic E-state index is 11.2. The van der Waals surface area contributed by atoms with Crippen molar-refractivity contribution in [2.45, 2.75) is 13.0 Å². The molecule has 0 spiro atoms. The van der Waals surface area contributed by atoms with Crippen LogP contribution in [0.1, 0.15) is 18.5 Å². The molecular weight excluding hydrogens is 226 g/mol. The fraction of sp³-hybridized carbons (Fsp3) is 0.545. The van der Waals surface area contributed by atoms with Crippen LogP contribution in [0.15, 0.2) is 17.1 Å². The van der Waals surface area contributed by atoms with Crippen molar-refractivity contribution in [2.24, 2.45) is 0 Å². The summed E-state index contributed by atoms with van der Waals surface area (Å²) in [6.45, 7) is 6.22. The molecular formula is C11H16ClN3O. The number of halogens is 1. The van der Waals surface area contributed by atoms with Crippen molar-refractivity contribution in [3.63, 3.8) is 0 Å². The van der Waals surface area contributed by atoms with Crippen LogP contribution in [0.5, 0.6) is 0 Å². The lowest BCUT2D eigenvalue weighted by atomic mass is 10.1. The number of rotatable bonds is 2. The Labute approximate surface area is 99.6 Å². The van der Waals surface area contributed by atoms with E-state index in [1.54, 1.807) is 12.3 Å². The van der Waals surface area contributed by atoms with Crippen LogP contribution < -0.4 is 10.9 Å². The Morgan fingerprint density at radius 2 is 2.12 bits per heavy atom. The third-order valence-electron chi connectivity index (χ3n) is 3.06. The summed E-state index contributed by atoms with van der Waals surface area (Å²) in [6.07, 6.45) is 1.75. The van der Waals surface area contributed by atoms with E-state index in [-0.39, 0.29) is 16.6 Å². The summed E-state index contributed by atoms with van der Waals surface area (Å²) in [5.74, 6) is 0. The van der Waals surface area contributed by atoms with Crippen LogP contribution >= 0.6 is 11.6 Å².